The number of nitrogens with one attached hydrogen (secondary N) is 2. The summed E-state index contributed by atoms with van der Waals surface area (Å²) >= 11 is 0. The van der Waals surface area contributed by atoms with Crippen LogP contribution in [-0.4, -0.2) is 47.5 Å². The Morgan fingerprint density at radius 1 is 1.45 bits per heavy atom. The van der Waals surface area contributed by atoms with Crippen LogP contribution < -0.4 is 10.6 Å². The van der Waals surface area contributed by atoms with E-state index in [1.54, 1.807) is 6.20 Å². The van der Waals surface area contributed by atoms with Gasteiger partial charge in [-0.2, -0.15) is 5.10 Å². The first kappa shape index (κ1) is 15.0. The average molecular weight is 280 g/mol. The van der Waals surface area contributed by atoms with Crippen molar-refractivity contribution in [2.75, 3.05) is 19.8 Å². The summed E-state index contributed by atoms with van der Waals surface area (Å²) in [6.45, 7) is 5.97. The standard InChI is InChI=1S/C14H24N4O2/c1-11(12(2)18-7-3-6-16-18)15-10-14(19)17-13-4-8-20-9-5-13/h3,6-7,11-13,15H,4-5,8-10H2,1-2H3,(H,17,19)/t11-,12+/m0/s1. The fourth-order valence-electron chi connectivity index (χ4n) is 2.30. The molecule has 2 heterocycles. The largest absolute Gasteiger partial charge is 0.381 e. The number of aromatic nitrogens is 2. The highest BCUT2D eigenvalue weighted by Gasteiger charge is 2.18. The van der Waals surface area contributed by atoms with Crippen LogP contribution in [0.25, 0.3) is 0 Å². The minimum absolute atomic E-state index is 0.0522. The van der Waals surface area contributed by atoms with Gasteiger partial charge >= 0.3 is 0 Å². The molecule has 1 amide bonds. The normalized spacial score (nSPS) is 19.5. The predicted molar refractivity (Wildman–Crippen MR) is 76.4 cm³/mol. The number of rotatable bonds is 6. The molecule has 1 aliphatic heterocycles. The molecule has 0 saturated carbocycles. The first-order valence-electron chi connectivity index (χ1n) is 7.26. The molecule has 1 fully saturated rings. The first-order chi connectivity index (χ1) is 9.66. The second kappa shape index (κ2) is 7.40. The molecule has 6 heteroatoms. The van der Waals surface area contributed by atoms with Gasteiger partial charge in [-0.25, -0.2) is 0 Å². The maximum atomic E-state index is 11.9. The molecule has 1 aromatic rings. The van der Waals surface area contributed by atoms with Gasteiger partial charge in [-0.05, 0) is 32.8 Å². The molecule has 0 bridgehead atoms. The van der Waals surface area contributed by atoms with Crippen LogP contribution in [0.2, 0.25) is 0 Å². The van der Waals surface area contributed by atoms with Gasteiger partial charge in [-0.15, -0.1) is 0 Å². The Morgan fingerprint density at radius 2 is 2.20 bits per heavy atom. The maximum Gasteiger partial charge on any atom is 0.234 e. The fraction of sp³-hybridized carbons (Fsp3) is 0.714. The average Bonchev–Trinajstić information content (AvgIpc) is 2.99. The Balaban J connectivity index is 1.69. The van der Waals surface area contributed by atoms with Crippen LogP contribution in [0.4, 0.5) is 0 Å². The summed E-state index contributed by atoms with van der Waals surface area (Å²) in [7, 11) is 0. The van der Waals surface area contributed by atoms with E-state index in [0.29, 0.717) is 6.54 Å². The van der Waals surface area contributed by atoms with Crippen molar-refractivity contribution >= 4 is 5.91 Å². The molecule has 2 rings (SSSR count). The molecule has 6 nitrogen and oxygen atoms in total. The second-order valence-electron chi connectivity index (χ2n) is 5.35. The maximum absolute atomic E-state index is 11.9. The Kier molecular flexibility index (Phi) is 5.55. The van der Waals surface area contributed by atoms with Crippen molar-refractivity contribution in [1.82, 2.24) is 20.4 Å². The third kappa shape index (κ3) is 4.31. The molecule has 2 N–H and O–H groups in total. The van der Waals surface area contributed by atoms with Gasteiger partial charge in [0.2, 0.25) is 5.91 Å². The van der Waals surface area contributed by atoms with E-state index in [9.17, 15) is 4.79 Å². The molecule has 0 aromatic carbocycles. The molecule has 1 aliphatic rings. The molecule has 1 aromatic heterocycles. The summed E-state index contributed by atoms with van der Waals surface area (Å²) in [4.78, 5) is 11.9. The molecule has 1 saturated heterocycles. The number of hydrogen-bond donors (Lipinski definition) is 2. The first-order valence-corrected chi connectivity index (χ1v) is 7.26. The highest BCUT2D eigenvalue weighted by molar-refractivity contribution is 5.78. The topological polar surface area (TPSA) is 68.2 Å². The highest BCUT2D eigenvalue weighted by Crippen LogP contribution is 2.09. The quantitative estimate of drug-likeness (QED) is 0.805. The van der Waals surface area contributed by atoms with E-state index < -0.39 is 0 Å². The molecule has 2 atom stereocenters. The number of carbonyl (C=O) groups excluding carboxylic acids is 1. The van der Waals surface area contributed by atoms with Crippen molar-refractivity contribution in [1.29, 1.82) is 0 Å². The highest BCUT2D eigenvalue weighted by atomic mass is 16.5. The lowest BCUT2D eigenvalue weighted by Gasteiger charge is -2.25. The number of nitrogens with zero attached hydrogens (tertiary/aromatic N) is 2. The minimum Gasteiger partial charge on any atom is -0.381 e. The molecular formula is C14H24N4O2. The summed E-state index contributed by atoms with van der Waals surface area (Å²) in [5.74, 6) is 0.0522. The number of carbonyl (C=O) groups is 1. The molecule has 20 heavy (non-hydrogen) atoms. The van der Waals surface area contributed by atoms with E-state index in [2.05, 4.69) is 29.6 Å². The number of hydrogen-bond acceptors (Lipinski definition) is 4. The molecule has 0 unspecified atom stereocenters. The molecular weight excluding hydrogens is 256 g/mol. The van der Waals surface area contributed by atoms with Crippen LogP contribution in [0, 0.1) is 0 Å². The van der Waals surface area contributed by atoms with Gasteiger partial charge in [0.1, 0.15) is 0 Å². The third-order valence-corrected chi connectivity index (χ3v) is 3.84. The number of amides is 1. The van der Waals surface area contributed by atoms with Gasteiger partial charge < -0.3 is 15.4 Å². The zero-order valence-electron chi connectivity index (χ0n) is 12.2. The van der Waals surface area contributed by atoms with Gasteiger partial charge in [-0.3, -0.25) is 9.48 Å². The van der Waals surface area contributed by atoms with E-state index in [4.69, 9.17) is 4.74 Å². The molecule has 0 aliphatic carbocycles. The minimum atomic E-state index is 0.0522. The zero-order chi connectivity index (χ0) is 14.4. The summed E-state index contributed by atoms with van der Waals surface area (Å²) in [5.41, 5.74) is 0. The van der Waals surface area contributed by atoms with Crippen molar-refractivity contribution in [3.8, 4) is 0 Å². The fourth-order valence-corrected chi connectivity index (χ4v) is 2.30. The Hall–Kier alpha value is -1.40. The summed E-state index contributed by atoms with van der Waals surface area (Å²) < 4.78 is 7.17. The second-order valence-corrected chi connectivity index (χ2v) is 5.35. The predicted octanol–water partition coefficient (Wildman–Crippen LogP) is 0.717. The molecule has 0 radical (unpaired) electrons. The van der Waals surface area contributed by atoms with Gasteiger partial charge in [0.15, 0.2) is 0 Å². The Labute approximate surface area is 119 Å². The van der Waals surface area contributed by atoms with E-state index >= 15 is 0 Å². The van der Waals surface area contributed by atoms with Crippen LogP contribution in [0.1, 0.15) is 32.7 Å². The van der Waals surface area contributed by atoms with Crippen molar-refractivity contribution in [3.05, 3.63) is 18.5 Å². The zero-order valence-corrected chi connectivity index (χ0v) is 12.2. The van der Waals surface area contributed by atoms with Gasteiger partial charge in [0.25, 0.3) is 0 Å². The summed E-state index contributed by atoms with van der Waals surface area (Å²) in [5, 5.41) is 10.5. The van der Waals surface area contributed by atoms with Crippen LogP contribution in [-0.2, 0) is 9.53 Å². The summed E-state index contributed by atoms with van der Waals surface area (Å²) in [6, 6.07) is 2.55. The van der Waals surface area contributed by atoms with Gasteiger partial charge in [-0.1, -0.05) is 0 Å². The van der Waals surface area contributed by atoms with E-state index in [0.717, 1.165) is 26.1 Å². The van der Waals surface area contributed by atoms with Crippen molar-refractivity contribution < 1.29 is 9.53 Å². The summed E-state index contributed by atoms with van der Waals surface area (Å²) in [6.07, 6.45) is 5.52. The SMILES string of the molecule is C[C@H](NCC(=O)NC1CCOCC1)[C@@H](C)n1cccn1. The van der Waals surface area contributed by atoms with Crippen LogP contribution in [0.5, 0.6) is 0 Å². The Morgan fingerprint density at radius 3 is 2.85 bits per heavy atom. The smallest absolute Gasteiger partial charge is 0.234 e. The monoisotopic (exact) mass is 280 g/mol. The van der Waals surface area contributed by atoms with E-state index in [1.165, 1.54) is 0 Å². The van der Waals surface area contributed by atoms with Crippen molar-refractivity contribution in [2.45, 2.75) is 44.8 Å². The van der Waals surface area contributed by atoms with E-state index in [1.807, 2.05) is 16.9 Å². The number of ether oxygens (including phenoxy) is 1. The van der Waals surface area contributed by atoms with Crippen LogP contribution in [0.3, 0.4) is 0 Å². The van der Waals surface area contributed by atoms with Gasteiger partial charge in [0, 0.05) is 37.7 Å². The lowest BCUT2D eigenvalue weighted by molar-refractivity contribution is -0.121. The van der Waals surface area contributed by atoms with Crippen molar-refractivity contribution in [3.63, 3.8) is 0 Å². The lowest BCUT2D eigenvalue weighted by atomic mass is 10.1. The van der Waals surface area contributed by atoms with Gasteiger partial charge in [0.05, 0.1) is 12.6 Å². The third-order valence-electron chi connectivity index (χ3n) is 3.84. The van der Waals surface area contributed by atoms with Crippen molar-refractivity contribution in [2.24, 2.45) is 0 Å². The Bertz CT molecular complexity index is 401. The lowest BCUT2D eigenvalue weighted by Crippen LogP contribution is -2.45. The van der Waals surface area contributed by atoms with Crippen LogP contribution >= 0.6 is 0 Å². The molecule has 0 spiro atoms. The van der Waals surface area contributed by atoms with E-state index in [-0.39, 0.29) is 24.0 Å². The molecule has 112 valence electrons. The van der Waals surface area contributed by atoms with Crippen LogP contribution in [0.15, 0.2) is 18.5 Å².